The van der Waals surface area contributed by atoms with Crippen molar-refractivity contribution in [2.45, 2.75) is 45.1 Å². The van der Waals surface area contributed by atoms with Gasteiger partial charge in [-0.15, -0.1) is 0 Å². The number of nitrogens with one attached hydrogen (secondary N) is 2. The maximum Gasteiger partial charge on any atom is 0.240 e. The molecule has 7 nitrogen and oxygen atoms in total. The monoisotopic (exact) mass is 564 g/mol. The van der Waals surface area contributed by atoms with E-state index in [0.29, 0.717) is 26.1 Å². The number of rotatable bonds is 9. The van der Waals surface area contributed by atoms with E-state index in [1.807, 2.05) is 73.7 Å². The first-order chi connectivity index (χ1) is 20.3. The van der Waals surface area contributed by atoms with Gasteiger partial charge in [0.2, 0.25) is 5.91 Å². The summed E-state index contributed by atoms with van der Waals surface area (Å²) in [6.45, 7) is 5.32. The number of benzene rings is 3. The summed E-state index contributed by atoms with van der Waals surface area (Å²) >= 11 is 0. The fourth-order valence-electron chi connectivity index (χ4n) is 5.64. The van der Waals surface area contributed by atoms with Crippen LogP contribution in [0.2, 0.25) is 0 Å². The lowest BCUT2D eigenvalue weighted by Gasteiger charge is -2.27. The van der Waals surface area contributed by atoms with E-state index in [9.17, 15) is 9.90 Å². The Morgan fingerprint density at radius 1 is 1.05 bits per heavy atom. The number of hydrogen-bond acceptors (Lipinski definition) is 5. The molecule has 1 aliphatic heterocycles. The fourth-order valence-corrected chi connectivity index (χ4v) is 5.64. The third-order valence-electron chi connectivity index (χ3n) is 7.78. The topological polar surface area (TPSA) is 80.8 Å². The molecule has 2 unspecified atom stereocenters. The first-order valence-corrected chi connectivity index (χ1v) is 14.5. The van der Waals surface area contributed by atoms with Crippen LogP contribution in [0.15, 0.2) is 79.0 Å². The predicted octanol–water partition coefficient (Wildman–Crippen LogP) is 4.28. The molecule has 4 atom stereocenters. The summed E-state index contributed by atoms with van der Waals surface area (Å²) in [7, 11) is 3.95. The van der Waals surface area contributed by atoms with Crippen LogP contribution in [0.1, 0.15) is 34.7 Å². The van der Waals surface area contributed by atoms with Crippen LogP contribution in [0.3, 0.4) is 0 Å². The van der Waals surface area contributed by atoms with Crippen LogP contribution in [0.4, 0.5) is 0 Å². The van der Waals surface area contributed by atoms with Crippen LogP contribution in [0.25, 0.3) is 10.9 Å². The molecule has 0 aliphatic carbocycles. The summed E-state index contributed by atoms with van der Waals surface area (Å²) in [4.78, 5) is 25.4. The van der Waals surface area contributed by atoms with Crippen molar-refractivity contribution < 1.29 is 14.7 Å². The van der Waals surface area contributed by atoms with Crippen LogP contribution >= 0.6 is 0 Å². The first-order valence-electron chi connectivity index (χ1n) is 14.5. The highest BCUT2D eigenvalue weighted by atomic mass is 16.7. The number of hydrogen-bond donors (Lipinski definition) is 3. The van der Waals surface area contributed by atoms with Crippen molar-refractivity contribution in [2.24, 2.45) is 5.92 Å². The number of H-pyrrole nitrogens is 1. The summed E-state index contributed by atoms with van der Waals surface area (Å²) in [5.41, 5.74) is 6.36. The average Bonchev–Trinajstić information content (AvgIpc) is 3.54. The predicted molar refractivity (Wildman–Crippen MR) is 167 cm³/mol. The zero-order valence-corrected chi connectivity index (χ0v) is 24.8. The van der Waals surface area contributed by atoms with Crippen molar-refractivity contribution in [1.82, 2.24) is 20.3 Å². The van der Waals surface area contributed by atoms with E-state index in [0.717, 1.165) is 22.2 Å². The van der Waals surface area contributed by atoms with Crippen molar-refractivity contribution in [3.8, 4) is 11.8 Å². The molecule has 42 heavy (non-hydrogen) atoms. The smallest absolute Gasteiger partial charge is 0.240 e. The lowest BCUT2D eigenvalue weighted by atomic mass is 9.90. The van der Waals surface area contributed by atoms with E-state index in [4.69, 9.17) is 4.84 Å². The Kier molecular flexibility index (Phi) is 9.41. The highest BCUT2D eigenvalue weighted by Crippen LogP contribution is 2.32. The molecule has 1 fully saturated rings. The van der Waals surface area contributed by atoms with Crippen LogP contribution in [-0.4, -0.2) is 71.4 Å². The Bertz CT molecular complexity index is 1550. The highest BCUT2D eigenvalue weighted by Gasteiger charge is 2.48. The van der Waals surface area contributed by atoms with Gasteiger partial charge in [0, 0.05) is 47.2 Å². The number of carbonyl (C=O) groups is 1. The lowest BCUT2D eigenvalue weighted by molar-refractivity contribution is -0.192. The lowest BCUT2D eigenvalue weighted by Crippen LogP contribution is -2.49. The van der Waals surface area contributed by atoms with Gasteiger partial charge in [-0.1, -0.05) is 59.9 Å². The largest absolute Gasteiger partial charge is 0.391 e. The van der Waals surface area contributed by atoms with E-state index in [2.05, 4.69) is 53.3 Å². The number of amides is 1. The van der Waals surface area contributed by atoms with Crippen LogP contribution < -0.4 is 5.32 Å². The summed E-state index contributed by atoms with van der Waals surface area (Å²) < 4.78 is 0. The zero-order chi connectivity index (χ0) is 29.6. The number of aliphatic hydroxyl groups is 1. The Labute approximate surface area is 248 Å². The molecule has 7 heteroatoms. The summed E-state index contributed by atoms with van der Waals surface area (Å²) in [6, 6.07) is 23.8. The molecule has 1 amide bonds. The third kappa shape index (κ3) is 7.10. The molecule has 1 saturated heterocycles. The molecule has 2 heterocycles. The number of aromatic nitrogens is 1. The molecule has 1 aliphatic rings. The van der Waals surface area contributed by atoms with Gasteiger partial charge in [-0.25, -0.2) is 0 Å². The normalized spacial score (nSPS) is 19.5. The molecule has 0 spiro atoms. The summed E-state index contributed by atoms with van der Waals surface area (Å²) in [6.07, 6.45) is 1.51. The van der Waals surface area contributed by atoms with Crippen molar-refractivity contribution >= 4 is 16.8 Å². The van der Waals surface area contributed by atoms with Gasteiger partial charge in [-0.2, -0.15) is 5.06 Å². The van der Waals surface area contributed by atoms with Gasteiger partial charge in [-0.3, -0.25) is 9.63 Å². The molecule has 0 radical (unpaired) electrons. The zero-order valence-electron chi connectivity index (χ0n) is 24.8. The number of nitrogens with zero attached hydrogens (tertiary/aromatic N) is 2. The highest BCUT2D eigenvalue weighted by molar-refractivity contribution is 5.84. The number of para-hydroxylation sites is 1. The summed E-state index contributed by atoms with van der Waals surface area (Å²) in [5.74, 6) is 6.14. The van der Waals surface area contributed by atoms with Crippen LogP contribution in [-0.2, 0) is 22.6 Å². The minimum absolute atomic E-state index is 0.0922. The molecule has 3 N–H and O–H groups in total. The number of aryl methyl sites for hydroxylation is 1. The molecule has 5 rings (SSSR count). The van der Waals surface area contributed by atoms with Crippen LogP contribution in [0.5, 0.6) is 0 Å². The minimum Gasteiger partial charge on any atom is -0.391 e. The van der Waals surface area contributed by atoms with E-state index in [1.54, 1.807) is 12.0 Å². The van der Waals surface area contributed by atoms with Gasteiger partial charge in [0.15, 0.2) is 0 Å². The molecule has 4 aromatic rings. The van der Waals surface area contributed by atoms with Gasteiger partial charge < -0.3 is 20.3 Å². The second kappa shape index (κ2) is 13.4. The van der Waals surface area contributed by atoms with Gasteiger partial charge in [0.05, 0.1) is 12.6 Å². The maximum absolute atomic E-state index is 13.7. The number of aliphatic hydroxyl groups excluding tert-OH is 1. The van der Waals surface area contributed by atoms with Crippen molar-refractivity contribution in [3.05, 3.63) is 107 Å². The molecular weight excluding hydrogens is 524 g/mol. The van der Waals surface area contributed by atoms with Gasteiger partial charge in [-0.05, 0) is 75.8 Å². The quantitative estimate of drug-likeness (QED) is 0.265. The van der Waals surface area contributed by atoms with Gasteiger partial charge in [0.25, 0.3) is 0 Å². The Morgan fingerprint density at radius 3 is 2.38 bits per heavy atom. The molecule has 0 bridgehead atoms. The SMILES string of the molecule is Cc1ccc(C#Cc2ccc(CN3O[C@@H]([C@@H](C)O)C(CN(C)C)C3C(=O)NCCc3c[nH]c4ccccc34)cc2)cc1. The van der Waals surface area contributed by atoms with Crippen molar-refractivity contribution in [2.75, 3.05) is 27.2 Å². The summed E-state index contributed by atoms with van der Waals surface area (Å²) in [5, 5.41) is 16.7. The molecule has 218 valence electrons. The third-order valence-corrected chi connectivity index (χ3v) is 7.78. The Balaban J connectivity index is 1.29. The average molecular weight is 565 g/mol. The number of hydroxylamine groups is 2. The first kappa shape index (κ1) is 29.6. The molecular formula is C35H40N4O3. The Hall–Kier alpha value is -3.93. The Morgan fingerprint density at radius 2 is 1.71 bits per heavy atom. The second-order valence-electron chi connectivity index (χ2n) is 11.5. The van der Waals surface area contributed by atoms with Gasteiger partial charge in [0.1, 0.15) is 12.1 Å². The van der Waals surface area contributed by atoms with Crippen LogP contribution in [0, 0.1) is 24.7 Å². The van der Waals surface area contributed by atoms with Crippen molar-refractivity contribution in [3.63, 3.8) is 0 Å². The second-order valence-corrected chi connectivity index (χ2v) is 11.5. The van der Waals surface area contributed by atoms with Gasteiger partial charge >= 0.3 is 0 Å². The maximum atomic E-state index is 13.7. The standard InChI is InChI=1S/C35H40N4O3/c1-24-9-11-26(12-10-24)13-14-27-15-17-28(18-16-27)22-39-33(31(23-38(3)4)34(42-39)25(2)40)35(41)36-20-19-29-21-37-32-8-6-5-7-30(29)32/h5-12,15-18,21,25,31,33-34,37,40H,19-20,22-23H2,1-4H3,(H,36,41)/t25-,31?,33?,34+/m1/s1. The number of aromatic amines is 1. The minimum atomic E-state index is -0.721. The van der Waals surface area contributed by atoms with Crippen molar-refractivity contribution in [1.29, 1.82) is 0 Å². The molecule has 3 aromatic carbocycles. The van der Waals surface area contributed by atoms with E-state index in [-0.39, 0.29) is 11.8 Å². The van der Waals surface area contributed by atoms with E-state index < -0.39 is 18.2 Å². The van der Waals surface area contributed by atoms with E-state index >= 15 is 0 Å². The number of fused-ring (bicyclic) bond motifs is 1. The molecule has 0 saturated carbocycles. The number of carbonyl (C=O) groups excluding carboxylic acids is 1. The fraction of sp³-hybridized carbons (Fsp3) is 0.343. The van der Waals surface area contributed by atoms with E-state index in [1.165, 1.54) is 16.5 Å². The molecule has 1 aromatic heterocycles.